The summed E-state index contributed by atoms with van der Waals surface area (Å²) in [6.07, 6.45) is 1.40. The van der Waals surface area contributed by atoms with Gasteiger partial charge >= 0.3 is 11.7 Å². The fourth-order valence-corrected chi connectivity index (χ4v) is 3.52. The minimum atomic E-state index is -0.561. The van der Waals surface area contributed by atoms with E-state index in [0.717, 1.165) is 15.8 Å². The van der Waals surface area contributed by atoms with E-state index in [2.05, 4.69) is 15.7 Å². The van der Waals surface area contributed by atoms with Crippen LogP contribution in [-0.4, -0.2) is 38.6 Å². The highest BCUT2D eigenvalue weighted by Crippen LogP contribution is 2.12. The van der Waals surface area contributed by atoms with Crippen molar-refractivity contribution in [3.05, 3.63) is 99.6 Å². The molecule has 2 N–H and O–H groups in total. The van der Waals surface area contributed by atoms with Gasteiger partial charge in [-0.2, -0.15) is 0 Å². The van der Waals surface area contributed by atoms with Crippen LogP contribution >= 0.6 is 0 Å². The predicted molar refractivity (Wildman–Crippen MR) is 133 cm³/mol. The van der Waals surface area contributed by atoms with E-state index in [4.69, 9.17) is 4.74 Å². The lowest BCUT2D eigenvalue weighted by molar-refractivity contribution is -0.117. The smallest absolute Gasteiger partial charge is 0.350 e. The quantitative estimate of drug-likeness (QED) is 0.368. The molecule has 0 aliphatic rings. The molecule has 0 atom stereocenters. The van der Waals surface area contributed by atoms with E-state index in [-0.39, 0.29) is 24.6 Å². The highest BCUT2D eigenvalue weighted by Gasteiger charge is 2.14. The fourth-order valence-electron chi connectivity index (χ4n) is 3.52. The number of anilines is 1. The molecule has 0 aliphatic carbocycles. The number of aryl methyl sites for hydroxylation is 1. The van der Waals surface area contributed by atoms with Crippen molar-refractivity contribution in [2.45, 2.75) is 26.9 Å². The van der Waals surface area contributed by atoms with E-state index >= 15 is 0 Å². The summed E-state index contributed by atoms with van der Waals surface area (Å²) >= 11 is 0. The van der Waals surface area contributed by atoms with Crippen LogP contribution in [0.3, 0.4) is 0 Å². The van der Waals surface area contributed by atoms with Gasteiger partial charge < -0.3 is 15.4 Å². The predicted octanol–water partition coefficient (Wildman–Crippen LogP) is 2.55. The lowest BCUT2D eigenvalue weighted by atomic mass is 10.1. The van der Waals surface area contributed by atoms with Crippen molar-refractivity contribution in [3.8, 4) is 0 Å². The van der Waals surface area contributed by atoms with Crippen molar-refractivity contribution in [1.29, 1.82) is 0 Å². The monoisotopic (exact) mass is 487 g/mol. The molecule has 184 valence electrons. The van der Waals surface area contributed by atoms with Gasteiger partial charge in [0.15, 0.2) is 5.65 Å². The number of carbonyl (C=O) groups excluding carboxylic acids is 3. The van der Waals surface area contributed by atoms with Gasteiger partial charge in [0, 0.05) is 18.4 Å². The third kappa shape index (κ3) is 5.66. The molecule has 2 aromatic carbocycles. The molecule has 0 spiro atoms. The van der Waals surface area contributed by atoms with Crippen LogP contribution in [0.25, 0.3) is 5.65 Å². The Balaban J connectivity index is 1.44. The van der Waals surface area contributed by atoms with Crippen LogP contribution in [0, 0.1) is 6.92 Å². The molecule has 0 aliphatic heterocycles. The third-order valence-electron chi connectivity index (χ3n) is 5.36. The first-order chi connectivity index (χ1) is 17.3. The zero-order chi connectivity index (χ0) is 25.7. The number of esters is 1. The van der Waals surface area contributed by atoms with Crippen molar-refractivity contribution in [3.63, 3.8) is 0 Å². The summed E-state index contributed by atoms with van der Waals surface area (Å²) in [6, 6.07) is 17.2. The third-order valence-corrected chi connectivity index (χ3v) is 5.36. The average molecular weight is 488 g/mol. The summed E-state index contributed by atoms with van der Waals surface area (Å²) in [4.78, 5) is 49.8. The van der Waals surface area contributed by atoms with Crippen LogP contribution in [0.2, 0.25) is 0 Å². The number of pyridine rings is 1. The second kappa shape index (κ2) is 10.7. The van der Waals surface area contributed by atoms with Crippen molar-refractivity contribution in [2.75, 3.05) is 11.9 Å². The van der Waals surface area contributed by atoms with E-state index < -0.39 is 17.6 Å². The zero-order valence-electron chi connectivity index (χ0n) is 19.9. The topological polar surface area (TPSA) is 124 Å². The molecule has 0 saturated heterocycles. The van der Waals surface area contributed by atoms with Crippen LogP contribution in [0.1, 0.15) is 38.8 Å². The first-order valence-electron chi connectivity index (χ1n) is 11.3. The molecule has 10 heteroatoms. The number of hydrogen-bond donors (Lipinski definition) is 2. The largest absolute Gasteiger partial charge is 0.462 e. The lowest BCUT2D eigenvalue weighted by Crippen LogP contribution is -2.28. The Morgan fingerprint density at radius 2 is 1.78 bits per heavy atom. The van der Waals surface area contributed by atoms with Crippen molar-refractivity contribution >= 4 is 29.1 Å². The summed E-state index contributed by atoms with van der Waals surface area (Å²) in [5, 5.41) is 9.64. The number of nitrogens with zero attached hydrogens (tertiary/aromatic N) is 3. The SMILES string of the molecule is CCOC(=O)c1cccc(NC(=O)Cn2nc3ccc(C(=O)NCc4ccc(C)cc4)cn3c2=O)c1. The van der Waals surface area contributed by atoms with Gasteiger partial charge in [-0.3, -0.25) is 9.59 Å². The number of aromatic nitrogens is 3. The number of amides is 2. The minimum absolute atomic E-state index is 0.238. The van der Waals surface area contributed by atoms with Gasteiger partial charge in [-0.1, -0.05) is 35.9 Å². The molecule has 4 rings (SSSR count). The molecule has 36 heavy (non-hydrogen) atoms. The Labute approximate surface area is 206 Å². The molecule has 0 saturated carbocycles. The molecular weight excluding hydrogens is 462 g/mol. The zero-order valence-corrected chi connectivity index (χ0v) is 19.9. The van der Waals surface area contributed by atoms with Gasteiger partial charge in [-0.05, 0) is 49.7 Å². The van der Waals surface area contributed by atoms with E-state index in [0.29, 0.717) is 23.4 Å². The van der Waals surface area contributed by atoms with Gasteiger partial charge in [0.2, 0.25) is 5.91 Å². The Morgan fingerprint density at radius 1 is 1.00 bits per heavy atom. The molecule has 4 aromatic rings. The minimum Gasteiger partial charge on any atom is -0.462 e. The van der Waals surface area contributed by atoms with Crippen LogP contribution in [0.4, 0.5) is 5.69 Å². The molecule has 2 heterocycles. The summed E-state index contributed by atoms with van der Waals surface area (Å²) in [6.45, 7) is 3.93. The molecule has 0 radical (unpaired) electrons. The summed E-state index contributed by atoms with van der Waals surface area (Å²) in [7, 11) is 0. The highest BCUT2D eigenvalue weighted by atomic mass is 16.5. The Kier molecular flexibility index (Phi) is 7.24. The van der Waals surface area contributed by atoms with Crippen molar-refractivity contribution in [1.82, 2.24) is 19.5 Å². The normalized spacial score (nSPS) is 10.7. The lowest BCUT2D eigenvalue weighted by Gasteiger charge is -2.07. The first-order valence-corrected chi connectivity index (χ1v) is 11.3. The van der Waals surface area contributed by atoms with Gasteiger partial charge in [0.05, 0.1) is 17.7 Å². The second-order valence-electron chi connectivity index (χ2n) is 8.10. The van der Waals surface area contributed by atoms with Gasteiger partial charge in [-0.25, -0.2) is 18.7 Å². The van der Waals surface area contributed by atoms with Crippen LogP contribution in [0.5, 0.6) is 0 Å². The van der Waals surface area contributed by atoms with E-state index in [1.165, 1.54) is 16.7 Å². The highest BCUT2D eigenvalue weighted by molar-refractivity contribution is 5.95. The number of nitrogens with one attached hydrogen (secondary N) is 2. The number of benzene rings is 2. The standard InChI is InChI=1S/C26H25N5O5/c1-3-36-25(34)19-5-4-6-21(13-19)28-23(32)16-31-26(35)30-15-20(11-12-22(30)29-31)24(33)27-14-18-9-7-17(2)8-10-18/h4-13,15H,3,14,16H2,1-2H3,(H,27,33)(H,28,32). The maximum atomic E-state index is 12.8. The van der Waals surface area contributed by atoms with Crippen LogP contribution in [0.15, 0.2) is 71.7 Å². The number of fused-ring (bicyclic) bond motifs is 1. The van der Waals surface area contributed by atoms with Crippen molar-refractivity contribution in [2.24, 2.45) is 0 Å². The van der Waals surface area contributed by atoms with E-state index in [1.807, 2.05) is 31.2 Å². The Morgan fingerprint density at radius 3 is 2.53 bits per heavy atom. The molecule has 10 nitrogen and oxygen atoms in total. The molecule has 2 amide bonds. The van der Waals surface area contributed by atoms with Gasteiger partial charge in [0.1, 0.15) is 6.54 Å². The van der Waals surface area contributed by atoms with Gasteiger partial charge in [-0.15, -0.1) is 5.10 Å². The van der Waals surface area contributed by atoms with E-state index in [1.54, 1.807) is 37.3 Å². The fraction of sp³-hybridized carbons (Fsp3) is 0.192. The van der Waals surface area contributed by atoms with Crippen LogP contribution < -0.4 is 16.3 Å². The molecule has 0 unspecified atom stereocenters. The summed E-state index contributed by atoms with van der Waals surface area (Å²) < 4.78 is 7.19. The second-order valence-corrected chi connectivity index (χ2v) is 8.10. The summed E-state index contributed by atoms with van der Waals surface area (Å²) in [5.41, 5.74) is 2.80. The number of hydrogen-bond acceptors (Lipinski definition) is 6. The first kappa shape index (κ1) is 24.4. The molecule has 0 fully saturated rings. The molecular formula is C26H25N5O5. The average Bonchev–Trinajstić information content (AvgIpc) is 3.18. The van der Waals surface area contributed by atoms with Crippen molar-refractivity contribution < 1.29 is 19.1 Å². The van der Waals surface area contributed by atoms with E-state index in [9.17, 15) is 19.2 Å². The number of carbonyl (C=O) groups is 3. The van der Waals surface area contributed by atoms with Gasteiger partial charge in [0.25, 0.3) is 5.91 Å². The Hall–Kier alpha value is -4.73. The van der Waals surface area contributed by atoms with Crippen LogP contribution in [-0.2, 0) is 22.6 Å². The maximum Gasteiger partial charge on any atom is 0.350 e. The Bertz CT molecular complexity index is 1490. The number of ether oxygens (including phenoxy) is 1. The maximum absolute atomic E-state index is 12.8. The molecule has 0 bridgehead atoms. The summed E-state index contributed by atoms with van der Waals surface area (Å²) in [5.74, 6) is -1.34. The molecule has 2 aromatic heterocycles. The number of rotatable bonds is 8.